The molecule has 1 aliphatic heterocycles. The molecule has 15 heavy (non-hydrogen) atoms. The summed E-state index contributed by atoms with van der Waals surface area (Å²) in [6, 6.07) is 4.00. The number of aromatic nitrogens is 1. The van der Waals surface area contributed by atoms with E-state index in [-0.39, 0.29) is 11.9 Å². The third-order valence-electron chi connectivity index (χ3n) is 2.02. The molecular formula is C10H12N2O2S. The lowest BCUT2D eigenvalue weighted by Gasteiger charge is -2.26. The van der Waals surface area contributed by atoms with E-state index < -0.39 is 0 Å². The number of carbonyl (C=O) groups is 1. The third kappa shape index (κ3) is 3.21. The molecule has 1 amide bonds. The standard InChI is InChI=1S/C10H12N2O2S/c13-10(12-8-5-14-6-8)7-15-9-1-3-11-4-2-9/h1-4,8H,5-7H2,(H,12,13). The van der Waals surface area contributed by atoms with Crippen molar-refractivity contribution in [3.05, 3.63) is 24.5 Å². The Morgan fingerprint density at radius 2 is 2.27 bits per heavy atom. The number of nitrogens with one attached hydrogen (secondary N) is 1. The molecule has 0 atom stereocenters. The van der Waals surface area contributed by atoms with E-state index in [9.17, 15) is 4.79 Å². The van der Waals surface area contributed by atoms with E-state index in [2.05, 4.69) is 10.3 Å². The average Bonchev–Trinajstić information content (AvgIpc) is 2.22. The van der Waals surface area contributed by atoms with Gasteiger partial charge in [-0.05, 0) is 12.1 Å². The summed E-state index contributed by atoms with van der Waals surface area (Å²) in [5, 5.41) is 2.89. The number of nitrogens with zero attached hydrogens (tertiary/aromatic N) is 1. The van der Waals surface area contributed by atoms with E-state index in [4.69, 9.17) is 4.74 Å². The molecule has 1 fully saturated rings. The molecule has 0 aromatic carbocycles. The van der Waals surface area contributed by atoms with E-state index in [1.165, 1.54) is 11.8 Å². The predicted molar refractivity (Wildman–Crippen MR) is 57.7 cm³/mol. The number of rotatable bonds is 4. The first-order chi connectivity index (χ1) is 7.34. The summed E-state index contributed by atoms with van der Waals surface area (Å²) in [6.45, 7) is 1.29. The molecule has 1 N–H and O–H groups in total. The molecule has 0 bridgehead atoms. The number of pyridine rings is 1. The average molecular weight is 224 g/mol. The molecule has 1 saturated heterocycles. The second-order valence-corrected chi connectivity index (χ2v) is 4.32. The van der Waals surface area contributed by atoms with Crippen molar-refractivity contribution in [2.45, 2.75) is 10.9 Å². The second kappa shape index (κ2) is 5.14. The zero-order valence-electron chi connectivity index (χ0n) is 8.18. The Morgan fingerprint density at radius 1 is 1.53 bits per heavy atom. The van der Waals surface area contributed by atoms with E-state index in [0.29, 0.717) is 19.0 Å². The van der Waals surface area contributed by atoms with Gasteiger partial charge in [0.05, 0.1) is 25.0 Å². The van der Waals surface area contributed by atoms with Crippen LogP contribution in [0.3, 0.4) is 0 Å². The Morgan fingerprint density at radius 3 is 2.87 bits per heavy atom. The Balaban J connectivity index is 1.71. The smallest absolute Gasteiger partial charge is 0.230 e. The fourth-order valence-electron chi connectivity index (χ4n) is 1.17. The summed E-state index contributed by atoms with van der Waals surface area (Å²) < 4.78 is 4.97. The molecule has 4 nitrogen and oxygen atoms in total. The normalized spacial score (nSPS) is 15.7. The van der Waals surface area contributed by atoms with Crippen LogP contribution >= 0.6 is 11.8 Å². The maximum absolute atomic E-state index is 11.4. The van der Waals surface area contributed by atoms with Crippen molar-refractivity contribution in [3.8, 4) is 0 Å². The van der Waals surface area contributed by atoms with E-state index in [1.54, 1.807) is 12.4 Å². The van der Waals surface area contributed by atoms with Crippen LogP contribution in [-0.2, 0) is 9.53 Å². The van der Waals surface area contributed by atoms with Crippen LogP contribution in [0.15, 0.2) is 29.4 Å². The van der Waals surface area contributed by atoms with Crippen molar-refractivity contribution in [2.75, 3.05) is 19.0 Å². The number of carbonyl (C=O) groups excluding carboxylic acids is 1. The van der Waals surface area contributed by atoms with Crippen molar-refractivity contribution >= 4 is 17.7 Å². The lowest BCUT2D eigenvalue weighted by Crippen LogP contribution is -2.49. The minimum Gasteiger partial charge on any atom is -0.377 e. The Kier molecular flexibility index (Phi) is 3.58. The molecule has 1 aliphatic rings. The van der Waals surface area contributed by atoms with E-state index >= 15 is 0 Å². The predicted octanol–water partition coefficient (Wildman–Crippen LogP) is 0.689. The van der Waals surface area contributed by atoms with Gasteiger partial charge in [-0.25, -0.2) is 0 Å². The van der Waals surface area contributed by atoms with Crippen LogP contribution in [-0.4, -0.2) is 35.9 Å². The van der Waals surface area contributed by atoms with E-state index in [0.717, 1.165) is 4.90 Å². The molecule has 0 aliphatic carbocycles. The minimum atomic E-state index is 0.0603. The van der Waals surface area contributed by atoms with Gasteiger partial charge in [-0.2, -0.15) is 0 Å². The van der Waals surface area contributed by atoms with Gasteiger partial charge in [0, 0.05) is 17.3 Å². The Hall–Kier alpha value is -1.07. The molecule has 0 saturated carbocycles. The van der Waals surface area contributed by atoms with Crippen molar-refractivity contribution in [2.24, 2.45) is 0 Å². The van der Waals surface area contributed by atoms with Gasteiger partial charge in [-0.15, -0.1) is 11.8 Å². The van der Waals surface area contributed by atoms with Crippen LogP contribution in [0.1, 0.15) is 0 Å². The summed E-state index contributed by atoms with van der Waals surface area (Å²) in [4.78, 5) is 16.4. The van der Waals surface area contributed by atoms with Gasteiger partial charge in [0.15, 0.2) is 0 Å². The monoisotopic (exact) mass is 224 g/mol. The topological polar surface area (TPSA) is 51.2 Å². The van der Waals surface area contributed by atoms with Crippen LogP contribution in [0, 0.1) is 0 Å². The summed E-state index contributed by atoms with van der Waals surface area (Å²) >= 11 is 1.51. The SMILES string of the molecule is O=C(CSc1ccncc1)NC1COC1. The van der Waals surface area contributed by atoms with Gasteiger partial charge < -0.3 is 10.1 Å². The van der Waals surface area contributed by atoms with Crippen molar-refractivity contribution < 1.29 is 9.53 Å². The fraction of sp³-hybridized carbons (Fsp3) is 0.400. The second-order valence-electron chi connectivity index (χ2n) is 3.27. The highest BCUT2D eigenvalue weighted by Crippen LogP contribution is 2.15. The molecule has 1 aromatic heterocycles. The highest BCUT2D eigenvalue weighted by molar-refractivity contribution is 8.00. The third-order valence-corrected chi connectivity index (χ3v) is 3.03. The Labute approximate surface area is 92.4 Å². The van der Waals surface area contributed by atoms with Crippen molar-refractivity contribution in [1.29, 1.82) is 0 Å². The first kappa shape index (κ1) is 10.4. The van der Waals surface area contributed by atoms with E-state index in [1.807, 2.05) is 12.1 Å². The van der Waals surface area contributed by atoms with Crippen molar-refractivity contribution in [1.82, 2.24) is 10.3 Å². The Bertz CT molecular complexity index is 327. The molecule has 5 heteroatoms. The largest absolute Gasteiger partial charge is 0.377 e. The lowest BCUT2D eigenvalue weighted by atomic mass is 10.2. The highest BCUT2D eigenvalue weighted by Gasteiger charge is 2.19. The summed E-state index contributed by atoms with van der Waals surface area (Å²) in [5.74, 6) is 0.505. The van der Waals surface area contributed by atoms with Crippen LogP contribution in [0.25, 0.3) is 0 Å². The zero-order chi connectivity index (χ0) is 10.5. The summed E-state index contributed by atoms with van der Waals surface area (Å²) in [7, 11) is 0. The lowest BCUT2D eigenvalue weighted by molar-refractivity contribution is -0.122. The maximum atomic E-state index is 11.4. The highest BCUT2D eigenvalue weighted by atomic mass is 32.2. The quantitative estimate of drug-likeness (QED) is 0.764. The first-order valence-corrected chi connectivity index (χ1v) is 5.73. The van der Waals surface area contributed by atoms with Gasteiger partial charge in [-0.3, -0.25) is 9.78 Å². The number of hydrogen-bond donors (Lipinski definition) is 1. The molecule has 0 unspecified atom stereocenters. The van der Waals surface area contributed by atoms with Crippen molar-refractivity contribution in [3.63, 3.8) is 0 Å². The summed E-state index contributed by atoms with van der Waals surface area (Å²) in [5.41, 5.74) is 0. The number of thioether (sulfide) groups is 1. The first-order valence-electron chi connectivity index (χ1n) is 4.74. The molecule has 2 heterocycles. The molecule has 0 spiro atoms. The zero-order valence-corrected chi connectivity index (χ0v) is 9.00. The van der Waals surface area contributed by atoms with Gasteiger partial charge in [-0.1, -0.05) is 0 Å². The molecular weight excluding hydrogens is 212 g/mol. The van der Waals surface area contributed by atoms with Crippen LogP contribution in [0.2, 0.25) is 0 Å². The van der Waals surface area contributed by atoms with Gasteiger partial charge in [0.2, 0.25) is 5.91 Å². The number of ether oxygens (including phenoxy) is 1. The van der Waals surface area contributed by atoms with Crippen LogP contribution < -0.4 is 5.32 Å². The number of amides is 1. The van der Waals surface area contributed by atoms with Crippen LogP contribution in [0.4, 0.5) is 0 Å². The summed E-state index contributed by atoms with van der Waals surface area (Å²) in [6.07, 6.45) is 3.44. The molecule has 0 radical (unpaired) electrons. The number of hydrogen-bond acceptors (Lipinski definition) is 4. The molecule has 2 rings (SSSR count). The van der Waals surface area contributed by atoms with Gasteiger partial charge >= 0.3 is 0 Å². The molecule has 80 valence electrons. The van der Waals surface area contributed by atoms with Crippen LogP contribution in [0.5, 0.6) is 0 Å². The maximum Gasteiger partial charge on any atom is 0.230 e. The minimum absolute atomic E-state index is 0.0603. The van der Waals surface area contributed by atoms with Gasteiger partial charge in [0.1, 0.15) is 0 Å². The molecule has 1 aromatic rings. The van der Waals surface area contributed by atoms with Gasteiger partial charge in [0.25, 0.3) is 0 Å². The fourth-order valence-corrected chi connectivity index (χ4v) is 1.87.